The van der Waals surface area contributed by atoms with Crippen LogP contribution in [0.4, 0.5) is 0 Å². The second-order valence-electron chi connectivity index (χ2n) is 9.37. The Hall–Kier alpha value is -3.96. The zero-order chi connectivity index (χ0) is 25.6. The summed E-state index contributed by atoms with van der Waals surface area (Å²) in [5, 5.41) is 11.5. The maximum atomic E-state index is 12.0. The van der Waals surface area contributed by atoms with Crippen LogP contribution in [0.5, 0.6) is 5.75 Å². The van der Waals surface area contributed by atoms with Gasteiger partial charge in [0.05, 0.1) is 6.10 Å². The molecule has 5 heteroatoms. The van der Waals surface area contributed by atoms with E-state index in [-0.39, 0.29) is 11.9 Å². The van der Waals surface area contributed by atoms with Crippen molar-refractivity contribution in [3.63, 3.8) is 0 Å². The van der Waals surface area contributed by atoms with Gasteiger partial charge in [0, 0.05) is 29.0 Å². The van der Waals surface area contributed by atoms with Crippen molar-refractivity contribution in [2.24, 2.45) is 5.92 Å². The first-order valence-corrected chi connectivity index (χ1v) is 12.9. The highest BCUT2D eigenvalue weighted by molar-refractivity contribution is 5.79. The molecule has 0 fully saturated rings. The summed E-state index contributed by atoms with van der Waals surface area (Å²) in [5.74, 6) is 1.24. The molecule has 5 rings (SSSR count). The summed E-state index contributed by atoms with van der Waals surface area (Å²) in [4.78, 5) is 17.0. The summed E-state index contributed by atoms with van der Waals surface area (Å²) in [6, 6.07) is 27.2. The molecule has 1 N–H and O–H groups in total. The Kier molecular flexibility index (Phi) is 7.62. The monoisotopic (exact) mass is 493 g/mol. The molecule has 4 aromatic rings. The molecule has 2 unspecified atom stereocenters. The highest BCUT2D eigenvalue weighted by atomic mass is 16.5. The van der Waals surface area contributed by atoms with Gasteiger partial charge in [0.15, 0.2) is 5.76 Å². The number of benzene rings is 3. The van der Waals surface area contributed by atoms with E-state index in [1.165, 1.54) is 0 Å². The fourth-order valence-corrected chi connectivity index (χ4v) is 4.88. The summed E-state index contributed by atoms with van der Waals surface area (Å²) in [6.07, 6.45) is 5.10. The average molecular weight is 494 g/mol. The zero-order valence-corrected chi connectivity index (χ0v) is 21.0. The number of carbonyl (C=O) groups excluding carboxylic acids is 1. The van der Waals surface area contributed by atoms with Crippen LogP contribution in [0.3, 0.4) is 0 Å². The Bertz CT molecular complexity index is 1320. The highest BCUT2D eigenvalue weighted by Crippen LogP contribution is 2.43. The molecule has 1 heterocycles. The van der Waals surface area contributed by atoms with Crippen LogP contribution in [0.2, 0.25) is 0 Å². The fourth-order valence-electron chi connectivity index (χ4n) is 4.88. The van der Waals surface area contributed by atoms with E-state index in [1.54, 1.807) is 12.1 Å². The third-order valence-electron chi connectivity index (χ3n) is 6.71. The average Bonchev–Trinajstić information content (AvgIpc) is 3.39. The molecule has 0 bridgehead atoms. The molecule has 2 atom stereocenters. The number of nitrogens with zero attached hydrogens (tertiary/aromatic N) is 1. The van der Waals surface area contributed by atoms with Gasteiger partial charge in [-0.15, -0.1) is 0 Å². The van der Waals surface area contributed by atoms with Gasteiger partial charge in [0.25, 0.3) is 0 Å². The number of ether oxygens (including phenoxy) is 1. The molecular weight excluding hydrogens is 462 g/mol. The molecular formula is C32H31NO4. The minimum Gasteiger partial charge on any atom is -0.436 e. The van der Waals surface area contributed by atoms with Crippen molar-refractivity contribution >= 4 is 11.5 Å². The minimum atomic E-state index is -0.788. The van der Waals surface area contributed by atoms with E-state index in [0.717, 1.165) is 48.1 Å². The predicted molar refractivity (Wildman–Crippen MR) is 145 cm³/mol. The van der Waals surface area contributed by atoms with Crippen molar-refractivity contribution in [1.82, 2.24) is 4.98 Å². The fraction of sp³-hybridized carbons (Fsp3) is 0.250. The van der Waals surface area contributed by atoms with Crippen LogP contribution in [0.25, 0.3) is 28.2 Å². The molecule has 0 amide bonds. The topological polar surface area (TPSA) is 72.6 Å². The largest absolute Gasteiger partial charge is 0.436 e. The first-order valence-electron chi connectivity index (χ1n) is 12.9. The number of allylic oxidation sites excluding steroid dienone is 1. The summed E-state index contributed by atoms with van der Waals surface area (Å²) in [5.41, 5.74) is 4.33. The molecule has 0 radical (unpaired) electrons. The molecule has 1 aromatic heterocycles. The summed E-state index contributed by atoms with van der Waals surface area (Å²) in [7, 11) is 0. The number of hydrogen-bond acceptors (Lipinski definition) is 5. The Labute approximate surface area is 217 Å². The lowest BCUT2D eigenvalue weighted by atomic mass is 9.81. The molecule has 0 spiro atoms. The number of rotatable bonds is 8. The SMILES string of the molecule is CCCC(=O)Oc1cccc(C(O)C2CCCC=C2c2nc(-c3ccccc3)c(-c3ccccc3)o2)c1. The number of hydrogen-bond donors (Lipinski definition) is 1. The van der Waals surface area contributed by atoms with Gasteiger partial charge in [0.2, 0.25) is 5.89 Å². The van der Waals surface area contributed by atoms with Crippen molar-refractivity contribution in [2.45, 2.75) is 45.1 Å². The van der Waals surface area contributed by atoms with Gasteiger partial charge in [-0.25, -0.2) is 4.98 Å². The molecule has 1 aliphatic rings. The van der Waals surface area contributed by atoms with Crippen LogP contribution in [-0.2, 0) is 4.79 Å². The van der Waals surface area contributed by atoms with Crippen molar-refractivity contribution in [1.29, 1.82) is 0 Å². The van der Waals surface area contributed by atoms with E-state index in [9.17, 15) is 9.90 Å². The maximum absolute atomic E-state index is 12.0. The normalized spacial score (nSPS) is 16.2. The van der Waals surface area contributed by atoms with Gasteiger partial charge in [-0.1, -0.05) is 85.8 Å². The van der Waals surface area contributed by atoms with E-state index in [4.69, 9.17) is 14.1 Å². The molecule has 3 aromatic carbocycles. The summed E-state index contributed by atoms with van der Waals surface area (Å²) < 4.78 is 11.9. The predicted octanol–water partition coefficient (Wildman–Crippen LogP) is 7.63. The van der Waals surface area contributed by atoms with Crippen molar-refractivity contribution in [2.75, 3.05) is 0 Å². The van der Waals surface area contributed by atoms with E-state index in [1.807, 2.05) is 79.7 Å². The van der Waals surface area contributed by atoms with Crippen LogP contribution < -0.4 is 4.74 Å². The van der Waals surface area contributed by atoms with Gasteiger partial charge < -0.3 is 14.3 Å². The Morgan fingerprint density at radius 1 is 1.03 bits per heavy atom. The van der Waals surface area contributed by atoms with E-state index >= 15 is 0 Å². The van der Waals surface area contributed by atoms with Crippen LogP contribution in [0.15, 0.2) is 95.4 Å². The van der Waals surface area contributed by atoms with E-state index in [0.29, 0.717) is 29.4 Å². The second kappa shape index (κ2) is 11.4. The van der Waals surface area contributed by atoms with Gasteiger partial charge in [0.1, 0.15) is 11.4 Å². The number of aromatic nitrogens is 1. The molecule has 37 heavy (non-hydrogen) atoms. The number of carbonyl (C=O) groups is 1. The number of aliphatic hydroxyl groups is 1. The van der Waals surface area contributed by atoms with E-state index < -0.39 is 6.10 Å². The van der Waals surface area contributed by atoms with Crippen LogP contribution in [0, 0.1) is 5.92 Å². The van der Waals surface area contributed by atoms with Crippen molar-refractivity contribution in [3.05, 3.63) is 102 Å². The molecule has 0 aliphatic heterocycles. The number of oxazole rings is 1. The lowest BCUT2D eigenvalue weighted by molar-refractivity contribution is -0.134. The third-order valence-corrected chi connectivity index (χ3v) is 6.71. The lowest BCUT2D eigenvalue weighted by Gasteiger charge is -2.27. The smallest absolute Gasteiger partial charge is 0.311 e. The summed E-state index contributed by atoms with van der Waals surface area (Å²) >= 11 is 0. The Balaban J connectivity index is 1.49. The Morgan fingerprint density at radius 3 is 2.49 bits per heavy atom. The first-order chi connectivity index (χ1) is 18.1. The minimum absolute atomic E-state index is 0.193. The van der Waals surface area contributed by atoms with Gasteiger partial charge in [-0.05, 0) is 43.4 Å². The zero-order valence-electron chi connectivity index (χ0n) is 21.0. The summed E-state index contributed by atoms with van der Waals surface area (Å²) in [6.45, 7) is 1.94. The number of aliphatic hydroxyl groups excluding tert-OH is 1. The lowest BCUT2D eigenvalue weighted by Crippen LogP contribution is -2.18. The quantitative estimate of drug-likeness (QED) is 0.202. The standard InChI is InChI=1S/C32H31NO4/c1-2-12-28(34)36-25-18-11-17-24(21-25)30(35)26-19-9-10-20-27(26)32-33-29(22-13-5-3-6-14-22)31(37-32)23-15-7-4-8-16-23/h3-8,11,13-18,20-21,26,30,35H,2,9-10,12,19H2,1H3. The number of esters is 1. The van der Waals surface area contributed by atoms with Crippen molar-refractivity contribution < 1.29 is 19.1 Å². The van der Waals surface area contributed by atoms with Crippen molar-refractivity contribution in [3.8, 4) is 28.3 Å². The maximum Gasteiger partial charge on any atom is 0.311 e. The Morgan fingerprint density at radius 2 is 1.76 bits per heavy atom. The van der Waals surface area contributed by atoms with Gasteiger partial charge in [-0.3, -0.25) is 4.79 Å². The first kappa shape index (κ1) is 24.7. The molecule has 0 saturated heterocycles. The molecule has 1 aliphatic carbocycles. The molecule has 188 valence electrons. The van der Waals surface area contributed by atoms with Crippen LogP contribution >= 0.6 is 0 Å². The van der Waals surface area contributed by atoms with Gasteiger partial charge in [-0.2, -0.15) is 0 Å². The highest BCUT2D eigenvalue weighted by Gasteiger charge is 2.31. The third kappa shape index (κ3) is 5.57. The molecule has 0 saturated carbocycles. The van der Waals surface area contributed by atoms with E-state index in [2.05, 4.69) is 6.08 Å². The second-order valence-corrected chi connectivity index (χ2v) is 9.37. The molecule has 5 nitrogen and oxygen atoms in total. The van der Waals surface area contributed by atoms with Crippen LogP contribution in [-0.4, -0.2) is 16.1 Å². The van der Waals surface area contributed by atoms with Gasteiger partial charge >= 0.3 is 5.97 Å². The van der Waals surface area contributed by atoms with Crippen LogP contribution in [0.1, 0.15) is 56.6 Å².